The lowest BCUT2D eigenvalue weighted by molar-refractivity contribution is -0.274. The molecule has 6 heteroatoms. The number of ether oxygens (including phenoxy) is 1. The van der Waals surface area contributed by atoms with E-state index in [0.29, 0.717) is 6.42 Å². The molecule has 102 valence electrons. The number of alkyl halides is 3. The second-order valence-corrected chi connectivity index (χ2v) is 4.30. The number of para-hydroxylation sites is 1. The zero-order valence-electron chi connectivity index (χ0n) is 9.85. The summed E-state index contributed by atoms with van der Waals surface area (Å²) in [6.45, 7) is 0. The van der Waals surface area contributed by atoms with E-state index in [0.717, 1.165) is 6.07 Å². The predicted octanol–water partition coefficient (Wildman–Crippen LogP) is 2.67. The van der Waals surface area contributed by atoms with Gasteiger partial charge in [-0.25, -0.2) is 0 Å². The molecule has 0 amide bonds. The molecule has 2 unspecified atom stereocenters. The number of Topliss-reactive ketones (excluding diaryl/α,β-unsaturated/α-hetero) is 1. The largest absolute Gasteiger partial charge is 0.573 e. The van der Waals surface area contributed by atoms with Gasteiger partial charge in [-0.2, -0.15) is 0 Å². The van der Waals surface area contributed by atoms with Crippen LogP contribution < -0.4 is 10.5 Å². The van der Waals surface area contributed by atoms with Crippen molar-refractivity contribution < 1.29 is 22.7 Å². The summed E-state index contributed by atoms with van der Waals surface area (Å²) in [5.74, 6) is -1.38. The SMILES string of the molecule is NC1C=CC(C(=O)c2ccccc2OC(F)(F)F)C1. The van der Waals surface area contributed by atoms with Gasteiger partial charge in [0.05, 0.1) is 5.56 Å². The molecular formula is C13H12F3NO2. The van der Waals surface area contributed by atoms with Crippen LogP contribution in [0.15, 0.2) is 36.4 Å². The van der Waals surface area contributed by atoms with Crippen LogP contribution in [0.4, 0.5) is 13.2 Å². The molecule has 3 nitrogen and oxygen atoms in total. The van der Waals surface area contributed by atoms with Crippen LogP contribution in [0.5, 0.6) is 5.75 Å². The Balaban J connectivity index is 2.25. The molecule has 0 fully saturated rings. The minimum atomic E-state index is -4.82. The van der Waals surface area contributed by atoms with Crippen LogP contribution in [0.1, 0.15) is 16.8 Å². The lowest BCUT2D eigenvalue weighted by Gasteiger charge is -2.14. The fourth-order valence-corrected chi connectivity index (χ4v) is 2.01. The van der Waals surface area contributed by atoms with Gasteiger partial charge in [0.25, 0.3) is 0 Å². The monoisotopic (exact) mass is 271 g/mol. The smallest absolute Gasteiger partial charge is 0.405 e. The standard InChI is InChI=1S/C13H12F3NO2/c14-13(15,16)19-11-4-2-1-3-10(11)12(18)8-5-6-9(17)7-8/h1-6,8-9H,7,17H2. The Labute approximate surface area is 107 Å². The van der Waals surface area contributed by atoms with E-state index in [-0.39, 0.29) is 11.6 Å². The van der Waals surface area contributed by atoms with Gasteiger partial charge >= 0.3 is 6.36 Å². The molecule has 0 aliphatic heterocycles. The van der Waals surface area contributed by atoms with Gasteiger partial charge in [0.15, 0.2) is 5.78 Å². The Kier molecular flexibility index (Phi) is 3.61. The number of rotatable bonds is 3. The summed E-state index contributed by atoms with van der Waals surface area (Å²) in [5.41, 5.74) is 5.55. The Morgan fingerprint density at radius 2 is 1.95 bits per heavy atom. The highest BCUT2D eigenvalue weighted by Crippen LogP contribution is 2.30. The van der Waals surface area contributed by atoms with Crippen LogP contribution in [0.3, 0.4) is 0 Å². The number of carbonyl (C=O) groups is 1. The van der Waals surface area contributed by atoms with E-state index in [4.69, 9.17) is 5.73 Å². The van der Waals surface area contributed by atoms with Crippen molar-refractivity contribution in [3.8, 4) is 5.75 Å². The first-order chi connectivity index (χ1) is 8.87. The van der Waals surface area contributed by atoms with Gasteiger partial charge in [0.1, 0.15) is 5.75 Å². The maximum absolute atomic E-state index is 12.3. The van der Waals surface area contributed by atoms with Gasteiger partial charge in [-0.05, 0) is 18.6 Å². The third-order valence-electron chi connectivity index (χ3n) is 2.83. The molecule has 0 spiro atoms. The van der Waals surface area contributed by atoms with Crippen LogP contribution in [0.2, 0.25) is 0 Å². The first-order valence-electron chi connectivity index (χ1n) is 5.70. The lowest BCUT2D eigenvalue weighted by Crippen LogP contribution is -2.22. The minimum Gasteiger partial charge on any atom is -0.405 e. The topological polar surface area (TPSA) is 52.3 Å². The lowest BCUT2D eigenvalue weighted by atomic mass is 9.96. The zero-order chi connectivity index (χ0) is 14.0. The van der Waals surface area contributed by atoms with Gasteiger partial charge in [0.2, 0.25) is 0 Å². The molecule has 2 rings (SSSR count). The molecule has 1 aliphatic rings. The Bertz CT molecular complexity index is 511. The molecular weight excluding hydrogens is 259 g/mol. The first kappa shape index (κ1) is 13.6. The van der Waals surface area contributed by atoms with Crippen LogP contribution in [0, 0.1) is 5.92 Å². The molecule has 2 N–H and O–H groups in total. The van der Waals surface area contributed by atoms with E-state index >= 15 is 0 Å². The van der Waals surface area contributed by atoms with Crippen molar-refractivity contribution in [2.24, 2.45) is 11.7 Å². The molecule has 0 saturated heterocycles. The summed E-state index contributed by atoms with van der Waals surface area (Å²) >= 11 is 0. The third-order valence-corrected chi connectivity index (χ3v) is 2.83. The molecule has 0 heterocycles. The quantitative estimate of drug-likeness (QED) is 0.679. The van der Waals surface area contributed by atoms with Crippen LogP contribution in [0.25, 0.3) is 0 Å². The summed E-state index contributed by atoms with van der Waals surface area (Å²) in [5, 5.41) is 0. The normalized spacial score (nSPS) is 22.5. The Hall–Kier alpha value is -1.82. The predicted molar refractivity (Wildman–Crippen MR) is 62.7 cm³/mol. The highest BCUT2D eigenvalue weighted by Gasteiger charge is 2.34. The van der Waals surface area contributed by atoms with Crippen molar-refractivity contribution in [1.29, 1.82) is 0 Å². The molecule has 0 aromatic heterocycles. The summed E-state index contributed by atoms with van der Waals surface area (Å²) in [6, 6.07) is 5.09. The Morgan fingerprint density at radius 3 is 2.53 bits per heavy atom. The number of ketones is 1. The number of hydrogen-bond donors (Lipinski definition) is 1. The molecule has 1 aromatic carbocycles. The van der Waals surface area contributed by atoms with Gasteiger partial charge in [-0.1, -0.05) is 24.3 Å². The second-order valence-electron chi connectivity index (χ2n) is 4.30. The zero-order valence-corrected chi connectivity index (χ0v) is 9.85. The number of allylic oxidation sites excluding steroid dienone is 1. The van der Waals surface area contributed by atoms with Gasteiger partial charge in [0, 0.05) is 12.0 Å². The molecule has 2 atom stereocenters. The van der Waals surface area contributed by atoms with Gasteiger partial charge < -0.3 is 10.5 Å². The van der Waals surface area contributed by atoms with E-state index < -0.39 is 23.8 Å². The Morgan fingerprint density at radius 1 is 1.26 bits per heavy atom. The molecule has 0 bridgehead atoms. The highest BCUT2D eigenvalue weighted by atomic mass is 19.4. The van der Waals surface area contributed by atoms with E-state index in [1.165, 1.54) is 18.2 Å². The second kappa shape index (κ2) is 5.05. The molecule has 0 radical (unpaired) electrons. The molecule has 0 saturated carbocycles. The van der Waals surface area contributed by atoms with Crippen molar-refractivity contribution in [3.05, 3.63) is 42.0 Å². The van der Waals surface area contributed by atoms with E-state index in [1.807, 2.05) is 0 Å². The van der Waals surface area contributed by atoms with Crippen molar-refractivity contribution in [1.82, 2.24) is 0 Å². The van der Waals surface area contributed by atoms with Gasteiger partial charge in [-0.3, -0.25) is 4.79 Å². The van der Waals surface area contributed by atoms with Crippen molar-refractivity contribution in [2.45, 2.75) is 18.8 Å². The number of carbonyl (C=O) groups excluding carboxylic acids is 1. The molecule has 1 aromatic rings. The van der Waals surface area contributed by atoms with Crippen molar-refractivity contribution in [3.63, 3.8) is 0 Å². The summed E-state index contributed by atoms with van der Waals surface area (Å²) in [7, 11) is 0. The highest BCUT2D eigenvalue weighted by molar-refractivity contribution is 6.01. The maximum atomic E-state index is 12.3. The third kappa shape index (κ3) is 3.35. The number of benzene rings is 1. The molecule has 1 aliphatic carbocycles. The summed E-state index contributed by atoms with van der Waals surface area (Å²) in [4.78, 5) is 12.1. The average molecular weight is 271 g/mol. The maximum Gasteiger partial charge on any atom is 0.573 e. The number of halogens is 3. The van der Waals surface area contributed by atoms with E-state index in [2.05, 4.69) is 4.74 Å². The van der Waals surface area contributed by atoms with Crippen molar-refractivity contribution >= 4 is 5.78 Å². The average Bonchev–Trinajstić information content (AvgIpc) is 2.74. The van der Waals surface area contributed by atoms with Crippen LogP contribution >= 0.6 is 0 Å². The van der Waals surface area contributed by atoms with Crippen LogP contribution in [-0.4, -0.2) is 18.2 Å². The fourth-order valence-electron chi connectivity index (χ4n) is 2.01. The van der Waals surface area contributed by atoms with E-state index in [1.54, 1.807) is 12.2 Å². The summed E-state index contributed by atoms with van der Waals surface area (Å²) in [6.07, 6.45) is -1.12. The number of hydrogen-bond acceptors (Lipinski definition) is 3. The fraction of sp³-hybridized carbons (Fsp3) is 0.308. The van der Waals surface area contributed by atoms with Crippen molar-refractivity contribution in [2.75, 3.05) is 0 Å². The van der Waals surface area contributed by atoms with Crippen LogP contribution in [-0.2, 0) is 0 Å². The number of nitrogens with two attached hydrogens (primary N) is 1. The van der Waals surface area contributed by atoms with Gasteiger partial charge in [-0.15, -0.1) is 13.2 Å². The first-order valence-corrected chi connectivity index (χ1v) is 5.70. The summed E-state index contributed by atoms with van der Waals surface area (Å²) < 4.78 is 40.6. The molecule has 19 heavy (non-hydrogen) atoms. The van der Waals surface area contributed by atoms with E-state index in [9.17, 15) is 18.0 Å². The minimum absolute atomic E-state index is 0.0800.